The number of rotatable bonds is 1. The molecule has 1 aromatic carbocycles. The first-order valence-electron chi connectivity index (χ1n) is 5.22. The van der Waals surface area contributed by atoms with E-state index in [1.807, 2.05) is 18.2 Å². The molecule has 1 aliphatic heterocycles. The van der Waals surface area contributed by atoms with E-state index >= 15 is 0 Å². The van der Waals surface area contributed by atoms with Crippen LogP contribution in [0.25, 0.3) is 0 Å². The summed E-state index contributed by atoms with van der Waals surface area (Å²) in [6, 6.07) is 9.73. The van der Waals surface area contributed by atoms with Gasteiger partial charge in [-0.15, -0.1) is 0 Å². The number of nitriles is 1. The lowest BCUT2D eigenvalue weighted by molar-refractivity contribution is 0.346. The average Bonchev–Trinajstić information content (AvgIpc) is 2.30. The maximum atomic E-state index is 9.70. The van der Waals surface area contributed by atoms with E-state index in [9.17, 15) is 5.11 Å². The van der Waals surface area contributed by atoms with E-state index in [0.717, 1.165) is 24.9 Å². The van der Waals surface area contributed by atoms with Crippen molar-refractivity contribution in [2.24, 2.45) is 5.92 Å². The molecule has 78 valence electrons. The Kier molecular flexibility index (Phi) is 2.89. The Labute approximate surface area is 89.4 Å². The Bertz CT molecular complexity index is 383. The molecule has 3 heteroatoms. The van der Waals surface area contributed by atoms with Crippen LogP contribution >= 0.6 is 0 Å². The molecule has 0 bridgehead atoms. The van der Waals surface area contributed by atoms with Gasteiger partial charge in [-0.2, -0.15) is 5.26 Å². The van der Waals surface area contributed by atoms with Crippen LogP contribution < -0.4 is 5.32 Å². The molecule has 2 atom stereocenters. The number of nitrogens with zero attached hydrogens (tertiary/aromatic N) is 1. The average molecular weight is 202 g/mol. The van der Waals surface area contributed by atoms with E-state index in [1.54, 1.807) is 6.07 Å². The largest absolute Gasteiger partial charge is 0.508 e. The molecule has 0 radical (unpaired) electrons. The molecule has 1 saturated heterocycles. The van der Waals surface area contributed by atoms with Gasteiger partial charge in [-0.25, -0.2) is 0 Å². The van der Waals surface area contributed by atoms with E-state index < -0.39 is 0 Å². The molecule has 1 aromatic rings. The van der Waals surface area contributed by atoms with Crippen molar-refractivity contribution >= 4 is 0 Å². The second-order valence-corrected chi connectivity index (χ2v) is 3.92. The van der Waals surface area contributed by atoms with Crippen LogP contribution in [0.3, 0.4) is 0 Å². The number of phenols is 1. The highest BCUT2D eigenvalue weighted by Gasteiger charge is 2.23. The minimum absolute atomic E-state index is 0.107. The molecular weight excluding hydrogens is 188 g/mol. The van der Waals surface area contributed by atoms with E-state index in [-0.39, 0.29) is 12.0 Å². The van der Waals surface area contributed by atoms with Crippen molar-refractivity contribution in [3.05, 3.63) is 29.8 Å². The Morgan fingerprint density at radius 1 is 1.40 bits per heavy atom. The fourth-order valence-corrected chi connectivity index (χ4v) is 2.05. The zero-order valence-corrected chi connectivity index (χ0v) is 8.48. The minimum atomic E-state index is 0.107. The highest BCUT2D eigenvalue weighted by Crippen LogP contribution is 2.31. The smallest absolute Gasteiger partial charge is 0.120 e. The Morgan fingerprint density at radius 3 is 2.93 bits per heavy atom. The molecule has 0 aromatic heterocycles. The molecule has 2 unspecified atom stereocenters. The molecule has 15 heavy (non-hydrogen) atoms. The van der Waals surface area contributed by atoms with E-state index in [4.69, 9.17) is 5.26 Å². The van der Waals surface area contributed by atoms with Crippen molar-refractivity contribution < 1.29 is 5.11 Å². The number of phenolic OH excluding ortho intramolecular Hbond substituents is 1. The molecule has 0 saturated carbocycles. The summed E-state index contributed by atoms with van der Waals surface area (Å²) in [5.41, 5.74) is 0.900. The van der Waals surface area contributed by atoms with Gasteiger partial charge in [0.05, 0.1) is 6.07 Å². The predicted octanol–water partition coefficient (Wildman–Crippen LogP) is 1.96. The van der Waals surface area contributed by atoms with Gasteiger partial charge >= 0.3 is 0 Å². The van der Waals surface area contributed by atoms with Gasteiger partial charge in [0.15, 0.2) is 0 Å². The van der Waals surface area contributed by atoms with Gasteiger partial charge in [-0.05, 0) is 25.5 Å². The predicted molar refractivity (Wildman–Crippen MR) is 57.2 cm³/mol. The summed E-state index contributed by atoms with van der Waals surface area (Å²) < 4.78 is 0. The third-order valence-electron chi connectivity index (χ3n) is 2.90. The summed E-state index contributed by atoms with van der Waals surface area (Å²) in [5, 5.41) is 21.9. The maximum absolute atomic E-state index is 9.70. The molecular formula is C12H14N2O. The SMILES string of the molecule is N#CC1CCNC(c2ccccc2O)C1. The summed E-state index contributed by atoms with van der Waals surface area (Å²) in [7, 11) is 0. The van der Waals surface area contributed by atoms with Crippen molar-refractivity contribution in [1.29, 1.82) is 5.26 Å². The maximum Gasteiger partial charge on any atom is 0.120 e. The quantitative estimate of drug-likeness (QED) is 0.731. The van der Waals surface area contributed by atoms with Crippen LogP contribution in [0.4, 0.5) is 0 Å². The number of aromatic hydroxyl groups is 1. The lowest BCUT2D eigenvalue weighted by Gasteiger charge is -2.27. The molecule has 1 heterocycles. The van der Waals surface area contributed by atoms with Crippen LogP contribution in [-0.4, -0.2) is 11.7 Å². The molecule has 1 fully saturated rings. The summed E-state index contributed by atoms with van der Waals surface area (Å²) in [5.74, 6) is 0.421. The zero-order valence-electron chi connectivity index (χ0n) is 8.48. The Balaban J connectivity index is 2.18. The summed E-state index contributed by atoms with van der Waals surface area (Å²) in [6.45, 7) is 0.844. The molecule has 0 aliphatic carbocycles. The fraction of sp³-hybridized carbons (Fsp3) is 0.417. The highest BCUT2D eigenvalue weighted by atomic mass is 16.3. The van der Waals surface area contributed by atoms with Crippen LogP contribution in [0.5, 0.6) is 5.75 Å². The van der Waals surface area contributed by atoms with Crippen molar-refractivity contribution in [3.63, 3.8) is 0 Å². The first-order chi connectivity index (χ1) is 7.31. The zero-order chi connectivity index (χ0) is 10.7. The second kappa shape index (κ2) is 4.33. The first kappa shape index (κ1) is 10.0. The fourth-order valence-electron chi connectivity index (χ4n) is 2.05. The topological polar surface area (TPSA) is 56.0 Å². The second-order valence-electron chi connectivity index (χ2n) is 3.92. The molecule has 2 N–H and O–H groups in total. The summed E-state index contributed by atoms with van der Waals surface area (Å²) in [6.07, 6.45) is 1.69. The van der Waals surface area contributed by atoms with Gasteiger partial charge in [0.2, 0.25) is 0 Å². The number of para-hydroxylation sites is 1. The number of nitrogens with one attached hydrogen (secondary N) is 1. The number of hydrogen-bond acceptors (Lipinski definition) is 3. The van der Waals surface area contributed by atoms with Gasteiger partial charge in [-0.3, -0.25) is 0 Å². The van der Waals surface area contributed by atoms with E-state index in [2.05, 4.69) is 11.4 Å². The minimum Gasteiger partial charge on any atom is -0.508 e. The number of piperidine rings is 1. The van der Waals surface area contributed by atoms with Crippen LogP contribution in [0.15, 0.2) is 24.3 Å². The van der Waals surface area contributed by atoms with Crippen molar-refractivity contribution in [2.75, 3.05) is 6.54 Å². The molecule has 1 aliphatic rings. The Hall–Kier alpha value is -1.53. The number of benzene rings is 1. The van der Waals surface area contributed by atoms with Crippen LogP contribution in [0.2, 0.25) is 0 Å². The van der Waals surface area contributed by atoms with Gasteiger partial charge in [0.1, 0.15) is 5.75 Å². The number of hydrogen-bond donors (Lipinski definition) is 2. The summed E-state index contributed by atoms with van der Waals surface area (Å²) >= 11 is 0. The molecule has 0 spiro atoms. The standard InChI is InChI=1S/C12H14N2O/c13-8-9-5-6-14-11(7-9)10-3-1-2-4-12(10)15/h1-4,9,11,14-15H,5-7H2. The molecule has 3 nitrogen and oxygen atoms in total. The van der Waals surface area contributed by atoms with Crippen molar-refractivity contribution in [3.8, 4) is 11.8 Å². The molecule has 0 amide bonds. The van der Waals surface area contributed by atoms with E-state index in [0.29, 0.717) is 5.75 Å². The van der Waals surface area contributed by atoms with Crippen molar-refractivity contribution in [2.45, 2.75) is 18.9 Å². The normalized spacial score (nSPS) is 25.8. The molecule has 2 rings (SSSR count). The first-order valence-corrected chi connectivity index (χ1v) is 5.22. The van der Waals surface area contributed by atoms with Crippen LogP contribution in [-0.2, 0) is 0 Å². The van der Waals surface area contributed by atoms with Crippen molar-refractivity contribution in [1.82, 2.24) is 5.32 Å². The van der Waals surface area contributed by atoms with Gasteiger partial charge in [-0.1, -0.05) is 18.2 Å². The highest BCUT2D eigenvalue weighted by molar-refractivity contribution is 5.34. The lowest BCUT2D eigenvalue weighted by atomic mass is 9.89. The van der Waals surface area contributed by atoms with Gasteiger partial charge in [0.25, 0.3) is 0 Å². The van der Waals surface area contributed by atoms with E-state index in [1.165, 1.54) is 0 Å². The third kappa shape index (κ3) is 2.11. The van der Waals surface area contributed by atoms with Crippen LogP contribution in [0, 0.1) is 17.2 Å². The van der Waals surface area contributed by atoms with Gasteiger partial charge < -0.3 is 10.4 Å². The third-order valence-corrected chi connectivity index (χ3v) is 2.90. The lowest BCUT2D eigenvalue weighted by Crippen LogP contribution is -2.31. The monoisotopic (exact) mass is 202 g/mol. The Morgan fingerprint density at radius 2 is 2.20 bits per heavy atom. The van der Waals surface area contributed by atoms with Gasteiger partial charge in [0, 0.05) is 17.5 Å². The van der Waals surface area contributed by atoms with Crippen LogP contribution in [0.1, 0.15) is 24.4 Å². The summed E-state index contributed by atoms with van der Waals surface area (Å²) in [4.78, 5) is 0.